The highest BCUT2D eigenvalue weighted by molar-refractivity contribution is 5.93. The van der Waals surface area contributed by atoms with Gasteiger partial charge in [0.25, 0.3) is 0 Å². The minimum Gasteiger partial charge on any atom is -0.492 e. The van der Waals surface area contributed by atoms with Crippen molar-refractivity contribution in [2.45, 2.75) is 13.3 Å². The van der Waals surface area contributed by atoms with Crippen LogP contribution in [0.2, 0.25) is 0 Å². The molecule has 1 N–H and O–H groups in total. The topological polar surface area (TPSA) is 77.2 Å². The number of ether oxygens (including phenoxy) is 1. The van der Waals surface area contributed by atoms with Gasteiger partial charge in [-0.3, -0.25) is 4.79 Å². The first kappa shape index (κ1) is 15.4. The summed E-state index contributed by atoms with van der Waals surface area (Å²) in [5, 5.41) is 10.7. The average molecular weight is 335 g/mol. The Labute approximate surface area is 144 Å². The molecular formula is C19H17N3O3. The first-order chi connectivity index (χ1) is 12.2. The molecular weight excluding hydrogens is 318 g/mol. The van der Waals surface area contributed by atoms with Crippen LogP contribution in [0.1, 0.15) is 11.5 Å². The quantitative estimate of drug-likeness (QED) is 0.795. The molecule has 0 spiro atoms. The van der Waals surface area contributed by atoms with Crippen molar-refractivity contribution in [2.24, 2.45) is 5.92 Å². The lowest BCUT2D eigenvalue weighted by Crippen LogP contribution is -2.32. The number of anilines is 1. The number of aromatic nitrogens is 2. The van der Waals surface area contributed by atoms with Crippen LogP contribution >= 0.6 is 0 Å². The summed E-state index contributed by atoms with van der Waals surface area (Å²) in [6.07, 6.45) is 0.682. The van der Waals surface area contributed by atoms with Gasteiger partial charge in [0.05, 0.1) is 5.92 Å². The smallest absolute Gasteiger partial charge is 0.247 e. The van der Waals surface area contributed by atoms with Crippen molar-refractivity contribution in [3.05, 3.63) is 60.0 Å². The van der Waals surface area contributed by atoms with Crippen LogP contribution in [0.25, 0.3) is 11.5 Å². The number of para-hydroxylation sites is 1. The average Bonchev–Trinajstić information content (AvgIpc) is 3.08. The van der Waals surface area contributed by atoms with Crippen molar-refractivity contribution >= 4 is 11.6 Å². The Balaban J connectivity index is 1.43. The fourth-order valence-corrected chi connectivity index (χ4v) is 2.85. The van der Waals surface area contributed by atoms with Gasteiger partial charge < -0.3 is 14.5 Å². The van der Waals surface area contributed by atoms with Crippen LogP contribution in [0.3, 0.4) is 0 Å². The van der Waals surface area contributed by atoms with Crippen LogP contribution < -0.4 is 10.1 Å². The van der Waals surface area contributed by atoms with Gasteiger partial charge in [0.1, 0.15) is 12.4 Å². The first-order valence-corrected chi connectivity index (χ1v) is 8.11. The summed E-state index contributed by atoms with van der Waals surface area (Å²) in [5.74, 6) is 1.60. The largest absolute Gasteiger partial charge is 0.492 e. The molecule has 25 heavy (non-hydrogen) atoms. The number of aryl methyl sites for hydroxylation is 1. The van der Waals surface area contributed by atoms with Crippen molar-refractivity contribution < 1.29 is 13.9 Å². The molecule has 2 heterocycles. The Bertz CT molecular complexity index is 902. The van der Waals surface area contributed by atoms with E-state index >= 15 is 0 Å². The van der Waals surface area contributed by atoms with E-state index in [9.17, 15) is 4.79 Å². The molecule has 1 aliphatic heterocycles. The summed E-state index contributed by atoms with van der Waals surface area (Å²) in [6.45, 7) is 2.14. The van der Waals surface area contributed by atoms with Crippen LogP contribution in [0.5, 0.6) is 5.75 Å². The van der Waals surface area contributed by atoms with Gasteiger partial charge in [-0.25, -0.2) is 0 Å². The van der Waals surface area contributed by atoms with Crippen molar-refractivity contribution in [1.82, 2.24) is 10.2 Å². The lowest BCUT2D eigenvalue weighted by molar-refractivity contribution is -0.121. The summed E-state index contributed by atoms with van der Waals surface area (Å²) >= 11 is 0. The molecule has 6 heteroatoms. The van der Waals surface area contributed by atoms with Gasteiger partial charge in [-0.1, -0.05) is 18.2 Å². The van der Waals surface area contributed by atoms with Gasteiger partial charge in [0.15, 0.2) is 0 Å². The molecule has 0 unspecified atom stereocenters. The van der Waals surface area contributed by atoms with Crippen molar-refractivity contribution in [3.8, 4) is 17.2 Å². The van der Waals surface area contributed by atoms with E-state index in [1.54, 1.807) is 6.92 Å². The molecule has 0 bridgehead atoms. The van der Waals surface area contributed by atoms with E-state index in [1.807, 2.05) is 48.5 Å². The second-order valence-corrected chi connectivity index (χ2v) is 6.01. The van der Waals surface area contributed by atoms with Gasteiger partial charge in [0.2, 0.25) is 17.7 Å². The highest BCUT2D eigenvalue weighted by Gasteiger charge is 2.25. The second-order valence-electron chi connectivity index (χ2n) is 6.01. The number of fused-ring (bicyclic) bond motifs is 1. The number of hydrogen-bond donors (Lipinski definition) is 1. The number of carbonyl (C=O) groups is 1. The molecule has 126 valence electrons. The summed E-state index contributed by atoms with van der Waals surface area (Å²) < 4.78 is 11.1. The lowest BCUT2D eigenvalue weighted by atomic mass is 9.96. The number of nitrogens with one attached hydrogen (secondary N) is 1. The predicted octanol–water partition coefficient (Wildman–Crippen LogP) is 3.23. The van der Waals surface area contributed by atoms with E-state index in [2.05, 4.69) is 15.5 Å². The zero-order chi connectivity index (χ0) is 17.2. The molecule has 6 nitrogen and oxygen atoms in total. The summed E-state index contributed by atoms with van der Waals surface area (Å²) in [7, 11) is 0. The Hall–Kier alpha value is -3.15. The SMILES string of the molecule is Cc1nnc(-c2ccc(NC(=O)[C@H]3COc4ccccc4C3)cc2)o1. The van der Waals surface area contributed by atoms with Gasteiger partial charge >= 0.3 is 0 Å². The molecule has 1 atom stereocenters. The molecule has 2 aromatic carbocycles. The zero-order valence-electron chi connectivity index (χ0n) is 13.7. The first-order valence-electron chi connectivity index (χ1n) is 8.11. The fraction of sp³-hybridized carbons (Fsp3) is 0.211. The van der Waals surface area contributed by atoms with E-state index in [-0.39, 0.29) is 11.8 Å². The van der Waals surface area contributed by atoms with Crippen LogP contribution in [-0.2, 0) is 11.2 Å². The lowest BCUT2D eigenvalue weighted by Gasteiger charge is -2.24. The Kier molecular flexibility index (Phi) is 3.93. The van der Waals surface area contributed by atoms with E-state index in [1.165, 1.54) is 0 Å². The molecule has 0 fully saturated rings. The van der Waals surface area contributed by atoms with Crippen LogP contribution in [0, 0.1) is 12.8 Å². The maximum absolute atomic E-state index is 12.5. The zero-order valence-corrected chi connectivity index (χ0v) is 13.7. The third-order valence-electron chi connectivity index (χ3n) is 4.18. The Morgan fingerprint density at radius 3 is 2.68 bits per heavy atom. The molecule has 0 saturated carbocycles. The highest BCUT2D eigenvalue weighted by Crippen LogP contribution is 2.27. The van der Waals surface area contributed by atoms with Crippen molar-refractivity contribution in [3.63, 3.8) is 0 Å². The third-order valence-corrected chi connectivity index (χ3v) is 4.18. The summed E-state index contributed by atoms with van der Waals surface area (Å²) in [6, 6.07) is 15.2. The van der Waals surface area contributed by atoms with E-state index in [0.717, 1.165) is 22.6 Å². The fourth-order valence-electron chi connectivity index (χ4n) is 2.85. The number of benzene rings is 2. The third kappa shape index (κ3) is 3.24. The molecule has 0 aliphatic carbocycles. The summed E-state index contributed by atoms with van der Waals surface area (Å²) in [5.41, 5.74) is 2.60. The minimum atomic E-state index is -0.201. The minimum absolute atomic E-state index is 0.0455. The number of carbonyl (C=O) groups excluding carboxylic acids is 1. The number of amides is 1. The molecule has 1 amide bonds. The van der Waals surface area contributed by atoms with Crippen LogP contribution in [0.15, 0.2) is 52.9 Å². The van der Waals surface area contributed by atoms with Crippen molar-refractivity contribution in [1.29, 1.82) is 0 Å². The molecule has 0 radical (unpaired) electrons. The molecule has 3 aromatic rings. The van der Waals surface area contributed by atoms with Gasteiger partial charge in [-0.15, -0.1) is 10.2 Å². The van der Waals surface area contributed by atoms with Gasteiger partial charge in [0, 0.05) is 18.2 Å². The number of rotatable bonds is 3. The second kappa shape index (κ2) is 6.39. The summed E-state index contributed by atoms with van der Waals surface area (Å²) in [4.78, 5) is 12.5. The van der Waals surface area contributed by atoms with E-state index < -0.39 is 0 Å². The number of nitrogens with zero attached hydrogens (tertiary/aromatic N) is 2. The molecule has 1 aliphatic rings. The Morgan fingerprint density at radius 2 is 1.92 bits per heavy atom. The van der Waals surface area contributed by atoms with Crippen LogP contribution in [-0.4, -0.2) is 22.7 Å². The maximum atomic E-state index is 12.5. The normalized spacial score (nSPS) is 16.0. The monoisotopic (exact) mass is 335 g/mol. The van der Waals surface area contributed by atoms with E-state index in [4.69, 9.17) is 9.15 Å². The van der Waals surface area contributed by atoms with Crippen LogP contribution in [0.4, 0.5) is 5.69 Å². The highest BCUT2D eigenvalue weighted by atomic mass is 16.5. The Morgan fingerprint density at radius 1 is 1.12 bits per heavy atom. The number of hydrogen-bond acceptors (Lipinski definition) is 5. The van der Waals surface area contributed by atoms with Crippen molar-refractivity contribution in [2.75, 3.05) is 11.9 Å². The standard InChI is InChI=1S/C19H17N3O3/c1-12-21-22-19(25-12)13-6-8-16(9-7-13)20-18(23)15-10-14-4-2-3-5-17(14)24-11-15/h2-9,15H,10-11H2,1H3,(H,20,23)/t15-/m1/s1. The van der Waals surface area contributed by atoms with Gasteiger partial charge in [-0.05, 0) is 42.3 Å². The predicted molar refractivity (Wildman–Crippen MR) is 92.2 cm³/mol. The molecule has 4 rings (SSSR count). The molecule has 1 aromatic heterocycles. The molecule has 0 saturated heterocycles. The maximum Gasteiger partial charge on any atom is 0.247 e. The van der Waals surface area contributed by atoms with E-state index in [0.29, 0.717) is 24.8 Å². The van der Waals surface area contributed by atoms with Gasteiger partial charge in [-0.2, -0.15) is 0 Å².